The average Bonchev–Trinajstić information content (AvgIpc) is 2.22. The first-order valence-electron chi connectivity index (χ1n) is 6.95. The molecule has 4 bridgehead atoms. The highest BCUT2D eigenvalue weighted by Crippen LogP contribution is 2.60. The second kappa shape index (κ2) is 4.49. The van der Waals surface area contributed by atoms with Crippen LogP contribution in [0, 0.1) is 23.2 Å². The Kier molecular flexibility index (Phi) is 3.14. The topological polar surface area (TPSA) is 37.3 Å². The predicted molar refractivity (Wildman–Crippen MR) is 70.2 cm³/mol. The van der Waals surface area contributed by atoms with E-state index in [0.29, 0.717) is 11.8 Å². The smallest absolute Gasteiger partial charge is 0.304 e. The molecule has 0 spiro atoms. The normalized spacial score (nSPS) is 42.9. The van der Waals surface area contributed by atoms with Crippen LogP contribution in [0.2, 0.25) is 0 Å². The average molecular weight is 254 g/mol. The van der Waals surface area contributed by atoms with Gasteiger partial charge in [0, 0.05) is 5.75 Å². The molecule has 0 aromatic carbocycles. The van der Waals surface area contributed by atoms with Crippen LogP contribution in [0.1, 0.15) is 44.9 Å². The molecule has 2 nitrogen and oxygen atoms in total. The summed E-state index contributed by atoms with van der Waals surface area (Å²) in [6.45, 7) is 0. The fourth-order valence-corrected chi connectivity index (χ4v) is 6.16. The van der Waals surface area contributed by atoms with Crippen LogP contribution in [-0.2, 0) is 4.79 Å². The summed E-state index contributed by atoms with van der Waals surface area (Å²) in [7, 11) is 0. The van der Waals surface area contributed by atoms with Gasteiger partial charge in [-0.3, -0.25) is 4.79 Å². The Labute approximate surface area is 108 Å². The summed E-state index contributed by atoms with van der Waals surface area (Å²) in [6, 6.07) is 0. The zero-order valence-corrected chi connectivity index (χ0v) is 11.2. The fourth-order valence-electron chi connectivity index (χ4n) is 4.91. The van der Waals surface area contributed by atoms with Crippen molar-refractivity contribution >= 4 is 17.7 Å². The largest absolute Gasteiger partial charge is 0.481 e. The van der Waals surface area contributed by atoms with Crippen molar-refractivity contribution in [3.63, 3.8) is 0 Å². The number of rotatable bonds is 5. The fraction of sp³-hybridized carbons (Fsp3) is 0.929. The summed E-state index contributed by atoms with van der Waals surface area (Å²) in [5, 5.41) is 8.66. The van der Waals surface area contributed by atoms with Crippen LogP contribution in [0.25, 0.3) is 0 Å². The Bertz CT molecular complexity index is 278. The number of hydrogen-bond donors (Lipinski definition) is 1. The molecule has 4 saturated carbocycles. The van der Waals surface area contributed by atoms with Gasteiger partial charge in [0.15, 0.2) is 0 Å². The lowest BCUT2D eigenvalue weighted by atomic mass is 9.50. The molecule has 0 saturated heterocycles. The molecule has 0 unspecified atom stereocenters. The van der Waals surface area contributed by atoms with Gasteiger partial charge in [-0.25, -0.2) is 0 Å². The van der Waals surface area contributed by atoms with Gasteiger partial charge in [-0.15, -0.1) is 0 Å². The lowest BCUT2D eigenvalue weighted by Crippen LogP contribution is -2.47. The number of aliphatic carboxylic acids is 1. The molecule has 0 aromatic heterocycles. The summed E-state index contributed by atoms with van der Waals surface area (Å²) in [4.78, 5) is 10.5. The van der Waals surface area contributed by atoms with Crippen LogP contribution in [-0.4, -0.2) is 22.6 Å². The molecule has 17 heavy (non-hydrogen) atoms. The molecule has 0 aromatic rings. The van der Waals surface area contributed by atoms with Crippen LogP contribution >= 0.6 is 11.8 Å². The van der Waals surface area contributed by atoms with Gasteiger partial charge in [0.2, 0.25) is 0 Å². The molecule has 0 radical (unpaired) electrons. The summed E-state index contributed by atoms with van der Waals surface area (Å²) in [5.74, 6) is 4.42. The van der Waals surface area contributed by atoms with Gasteiger partial charge in [-0.1, -0.05) is 0 Å². The van der Waals surface area contributed by atoms with E-state index in [2.05, 4.69) is 0 Å². The van der Waals surface area contributed by atoms with Crippen molar-refractivity contribution in [1.29, 1.82) is 0 Å². The van der Waals surface area contributed by atoms with Crippen LogP contribution in [0.4, 0.5) is 0 Å². The number of carboxylic acid groups (broad SMARTS) is 1. The maximum absolute atomic E-state index is 10.5. The zero-order chi connectivity index (χ0) is 11.9. The summed E-state index contributed by atoms with van der Waals surface area (Å²) < 4.78 is 0. The van der Waals surface area contributed by atoms with Gasteiger partial charge in [-0.2, -0.15) is 11.8 Å². The third kappa shape index (κ3) is 2.49. The van der Waals surface area contributed by atoms with E-state index in [-0.39, 0.29) is 0 Å². The second-order valence-corrected chi connectivity index (χ2v) is 7.72. The highest BCUT2D eigenvalue weighted by atomic mass is 32.2. The summed E-state index contributed by atoms with van der Waals surface area (Å²) in [6.07, 6.45) is 9.16. The minimum atomic E-state index is -0.650. The van der Waals surface area contributed by atoms with Crippen molar-refractivity contribution in [2.45, 2.75) is 44.9 Å². The van der Waals surface area contributed by atoms with Crippen LogP contribution in [0.5, 0.6) is 0 Å². The van der Waals surface area contributed by atoms with E-state index in [1.165, 1.54) is 44.3 Å². The highest BCUT2D eigenvalue weighted by Gasteiger charge is 2.50. The lowest BCUT2D eigenvalue weighted by Gasteiger charge is -2.57. The minimum Gasteiger partial charge on any atom is -0.481 e. The highest BCUT2D eigenvalue weighted by molar-refractivity contribution is 7.99. The molecular weight excluding hydrogens is 232 g/mol. The Morgan fingerprint density at radius 3 is 2.12 bits per heavy atom. The molecular formula is C14H22O2S. The molecule has 0 amide bonds. The molecule has 1 N–H and O–H groups in total. The van der Waals surface area contributed by atoms with E-state index in [1.54, 1.807) is 0 Å². The standard InChI is InChI=1S/C14H22O2S/c15-13(16)1-2-17-9-14-6-10-3-11(7-14)5-12(4-10)8-14/h10-12H,1-9H2,(H,15,16). The molecule has 4 fully saturated rings. The second-order valence-electron chi connectivity index (χ2n) is 6.61. The maximum atomic E-state index is 10.5. The summed E-state index contributed by atoms with van der Waals surface area (Å²) in [5.41, 5.74) is 0.609. The van der Waals surface area contributed by atoms with E-state index >= 15 is 0 Å². The maximum Gasteiger partial charge on any atom is 0.304 e. The quantitative estimate of drug-likeness (QED) is 0.764. The van der Waals surface area contributed by atoms with E-state index in [0.717, 1.165) is 23.5 Å². The third-order valence-electron chi connectivity index (χ3n) is 5.03. The number of thioether (sulfide) groups is 1. The number of carboxylic acids is 1. The first-order valence-corrected chi connectivity index (χ1v) is 8.10. The Morgan fingerprint density at radius 2 is 1.65 bits per heavy atom. The molecule has 96 valence electrons. The molecule has 0 atom stereocenters. The van der Waals surface area contributed by atoms with Crippen molar-refractivity contribution < 1.29 is 9.90 Å². The number of hydrogen-bond acceptors (Lipinski definition) is 2. The van der Waals surface area contributed by atoms with Gasteiger partial charge in [0.1, 0.15) is 0 Å². The van der Waals surface area contributed by atoms with E-state index in [9.17, 15) is 4.79 Å². The van der Waals surface area contributed by atoms with Crippen LogP contribution < -0.4 is 0 Å². The Hall–Kier alpha value is -0.180. The molecule has 0 heterocycles. The molecule has 4 aliphatic rings. The van der Waals surface area contributed by atoms with Crippen LogP contribution in [0.15, 0.2) is 0 Å². The van der Waals surface area contributed by atoms with E-state index < -0.39 is 5.97 Å². The van der Waals surface area contributed by atoms with Gasteiger partial charge in [-0.05, 0) is 67.4 Å². The Balaban J connectivity index is 1.53. The Morgan fingerprint density at radius 1 is 1.12 bits per heavy atom. The number of carbonyl (C=O) groups is 1. The van der Waals surface area contributed by atoms with Crippen LogP contribution in [0.3, 0.4) is 0 Å². The van der Waals surface area contributed by atoms with Gasteiger partial charge in [0.25, 0.3) is 0 Å². The lowest BCUT2D eigenvalue weighted by molar-refractivity contribution is -0.136. The zero-order valence-electron chi connectivity index (χ0n) is 10.4. The van der Waals surface area contributed by atoms with Crippen molar-refractivity contribution in [2.24, 2.45) is 23.2 Å². The molecule has 3 heteroatoms. The van der Waals surface area contributed by atoms with E-state index in [1.807, 2.05) is 11.8 Å². The van der Waals surface area contributed by atoms with Crippen molar-refractivity contribution in [1.82, 2.24) is 0 Å². The molecule has 4 aliphatic carbocycles. The monoisotopic (exact) mass is 254 g/mol. The first kappa shape index (κ1) is 11.9. The predicted octanol–water partition coefficient (Wildman–Crippen LogP) is 3.41. The third-order valence-corrected chi connectivity index (χ3v) is 6.34. The molecule has 4 rings (SSSR count). The SMILES string of the molecule is O=C(O)CCSCC12CC3CC(CC(C3)C1)C2. The van der Waals surface area contributed by atoms with Crippen molar-refractivity contribution in [2.75, 3.05) is 11.5 Å². The molecule has 0 aliphatic heterocycles. The first-order chi connectivity index (χ1) is 8.15. The van der Waals surface area contributed by atoms with Gasteiger partial charge in [0.05, 0.1) is 6.42 Å². The van der Waals surface area contributed by atoms with E-state index in [4.69, 9.17) is 5.11 Å². The van der Waals surface area contributed by atoms with Gasteiger partial charge < -0.3 is 5.11 Å². The van der Waals surface area contributed by atoms with Gasteiger partial charge >= 0.3 is 5.97 Å². The van der Waals surface area contributed by atoms with Crippen molar-refractivity contribution in [3.05, 3.63) is 0 Å². The minimum absolute atomic E-state index is 0.330. The van der Waals surface area contributed by atoms with Crippen molar-refractivity contribution in [3.8, 4) is 0 Å². The summed E-state index contributed by atoms with van der Waals surface area (Å²) >= 11 is 1.89.